The Labute approximate surface area is 161 Å². The van der Waals surface area contributed by atoms with Crippen molar-refractivity contribution in [1.29, 1.82) is 0 Å². The number of aliphatic imine (C=N–C) groups is 2. The van der Waals surface area contributed by atoms with E-state index in [0.29, 0.717) is 24.8 Å². The maximum atomic E-state index is 5.62. The van der Waals surface area contributed by atoms with Crippen LogP contribution < -0.4 is 4.74 Å². The first kappa shape index (κ1) is 21.2. The fourth-order valence-electron chi connectivity index (χ4n) is 3.20. The van der Waals surface area contributed by atoms with Gasteiger partial charge in [-0.2, -0.15) is 0 Å². The molecule has 1 heterocycles. The van der Waals surface area contributed by atoms with Crippen LogP contribution in [0.1, 0.15) is 31.7 Å². The molecular formula is C20H30N2O5. The van der Waals surface area contributed by atoms with Crippen LogP contribution in [0, 0.1) is 5.92 Å². The van der Waals surface area contributed by atoms with Crippen molar-refractivity contribution in [3.8, 4) is 5.75 Å². The Kier molecular flexibility index (Phi) is 8.06. The minimum Gasteiger partial charge on any atom is -0.497 e. The van der Waals surface area contributed by atoms with Crippen molar-refractivity contribution in [2.45, 2.75) is 38.3 Å². The summed E-state index contributed by atoms with van der Waals surface area (Å²) in [6.45, 7) is 4.60. The van der Waals surface area contributed by atoms with E-state index < -0.39 is 0 Å². The van der Waals surface area contributed by atoms with Crippen molar-refractivity contribution < 1.29 is 24.0 Å². The molecular weight excluding hydrogens is 348 g/mol. The zero-order chi connectivity index (χ0) is 19.8. The van der Waals surface area contributed by atoms with Crippen molar-refractivity contribution in [3.63, 3.8) is 0 Å². The van der Waals surface area contributed by atoms with Crippen LogP contribution in [-0.2, 0) is 19.2 Å². The van der Waals surface area contributed by atoms with Crippen LogP contribution in [0.2, 0.25) is 0 Å². The van der Waals surface area contributed by atoms with Crippen LogP contribution in [0.15, 0.2) is 34.3 Å². The summed E-state index contributed by atoms with van der Waals surface area (Å²) in [5, 5.41) is 0. The van der Waals surface area contributed by atoms with Gasteiger partial charge in [-0.25, -0.2) is 19.8 Å². The lowest BCUT2D eigenvalue weighted by molar-refractivity contribution is -0.273. The monoisotopic (exact) mass is 378 g/mol. The van der Waals surface area contributed by atoms with Crippen LogP contribution in [0.25, 0.3) is 0 Å². The van der Waals surface area contributed by atoms with Crippen molar-refractivity contribution in [2.24, 2.45) is 15.9 Å². The Bertz CT molecular complexity index is 642. The highest BCUT2D eigenvalue weighted by Gasteiger charge is 2.36. The second-order valence-corrected chi connectivity index (χ2v) is 6.63. The summed E-state index contributed by atoms with van der Waals surface area (Å²) in [7, 11) is 6.42. The molecule has 150 valence electrons. The van der Waals surface area contributed by atoms with Crippen molar-refractivity contribution >= 4 is 11.8 Å². The van der Waals surface area contributed by atoms with E-state index in [1.165, 1.54) is 7.11 Å². The molecule has 2 rings (SSSR count). The maximum absolute atomic E-state index is 5.62. The summed E-state index contributed by atoms with van der Waals surface area (Å²) < 4.78 is 16.4. The van der Waals surface area contributed by atoms with E-state index in [4.69, 9.17) is 34.0 Å². The first-order valence-corrected chi connectivity index (χ1v) is 9.08. The van der Waals surface area contributed by atoms with Crippen molar-refractivity contribution in [3.05, 3.63) is 29.8 Å². The number of nitrogens with zero attached hydrogens (tertiary/aromatic N) is 2. The Morgan fingerprint density at radius 1 is 0.852 bits per heavy atom. The van der Waals surface area contributed by atoms with E-state index in [2.05, 4.69) is 13.8 Å². The predicted molar refractivity (Wildman–Crippen MR) is 105 cm³/mol. The SMILES string of the molecule is COOCCC(c1ccc(OC)cc1)C1N=C(OC)C(C(C)C)N=C1OC. The smallest absolute Gasteiger partial charge is 0.210 e. The fourth-order valence-corrected chi connectivity index (χ4v) is 3.20. The Balaban J connectivity index is 2.39. The van der Waals surface area contributed by atoms with Crippen LogP contribution in [-0.4, -0.2) is 58.9 Å². The summed E-state index contributed by atoms with van der Waals surface area (Å²) in [6, 6.07) is 7.48. The lowest BCUT2D eigenvalue weighted by Crippen LogP contribution is -2.40. The Morgan fingerprint density at radius 3 is 1.96 bits per heavy atom. The van der Waals surface area contributed by atoms with E-state index in [1.54, 1.807) is 21.3 Å². The van der Waals surface area contributed by atoms with Crippen LogP contribution in [0.5, 0.6) is 5.75 Å². The van der Waals surface area contributed by atoms with E-state index in [1.807, 2.05) is 24.3 Å². The second-order valence-electron chi connectivity index (χ2n) is 6.63. The molecule has 7 heteroatoms. The summed E-state index contributed by atoms with van der Waals surface area (Å²) >= 11 is 0. The van der Waals surface area contributed by atoms with E-state index >= 15 is 0 Å². The van der Waals surface area contributed by atoms with Gasteiger partial charge in [0.25, 0.3) is 0 Å². The van der Waals surface area contributed by atoms with Crippen molar-refractivity contribution in [2.75, 3.05) is 35.0 Å². The highest BCUT2D eigenvalue weighted by molar-refractivity contribution is 5.94. The maximum Gasteiger partial charge on any atom is 0.210 e. The molecule has 7 nitrogen and oxygen atoms in total. The summed E-state index contributed by atoms with van der Waals surface area (Å²) in [4.78, 5) is 19.5. The number of methoxy groups -OCH3 is 3. The van der Waals surface area contributed by atoms with Crippen LogP contribution >= 0.6 is 0 Å². The van der Waals surface area contributed by atoms with Crippen LogP contribution in [0.3, 0.4) is 0 Å². The van der Waals surface area contributed by atoms with Gasteiger partial charge in [0.05, 0.1) is 35.0 Å². The standard InChI is InChI=1S/C20H30N2O5/c1-13(2)17-19(24-4)22-18(20(21-17)25-5)16(11-12-27-26-6)14-7-9-15(23-3)10-8-14/h7-10,13,16-18H,11-12H2,1-6H3. The van der Waals surface area contributed by atoms with Gasteiger partial charge in [-0.3, -0.25) is 0 Å². The largest absolute Gasteiger partial charge is 0.497 e. The lowest BCUT2D eigenvalue weighted by Gasteiger charge is -2.31. The molecule has 1 aliphatic rings. The molecule has 1 aliphatic heterocycles. The van der Waals surface area contributed by atoms with Gasteiger partial charge in [0.15, 0.2) is 0 Å². The summed E-state index contributed by atoms with van der Waals surface area (Å²) in [5.74, 6) is 2.28. The predicted octanol–water partition coefficient (Wildman–Crippen LogP) is 3.24. The van der Waals surface area contributed by atoms with Gasteiger partial charge in [0.1, 0.15) is 17.8 Å². The average Bonchev–Trinajstić information content (AvgIpc) is 2.70. The number of ether oxygens (including phenoxy) is 3. The van der Waals surface area contributed by atoms with Crippen molar-refractivity contribution in [1.82, 2.24) is 0 Å². The van der Waals surface area contributed by atoms with E-state index in [-0.39, 0.29) is 23.9 Å². The molecule has 0 N–H and O–H groups in total. The first-order chi connectivity index (χ1) is 13.0. The van der Waals surface area contributed by atoms with Gasteiger partial charge in [-0.05, 0) is 30.0 Å². The molecule has 0 fully saturated rings. The van der Waals surface area contributed by atoms with Gasteiger partial charge in [-0.1, -0.05) is 26.0 Å². The highest BCUT2D eigenvalue weighted by atomic mass is 17.2. The molecule has 1 aromatic rings. The molecule has 0 aliphatic carbocycles. The van der Waals surface area contributed by atoms with Gasteiger partial charge < -0.3 is 14.2 Å². The molecule has 1 aromatic carbocycles. The average molecular weight is 378 g/mol. The van der Waals surface area contributed by atoms with Gasteiger partial charge in [0, 0.05) is 5.92 Å². The second kappa shape index (κ2) is 10.3. The van der Waals surface area contributed by atoms with E-state index in [9.17, 15) is 0 Å². The molecule has 0 saturated carbocycles. The number of hydrogen-bond acceptors (Lipinski definition) is 7. The molecule has 0 aromatic heterocycles. The number of hydrogen-bond donors (Lipinski definition) is 0. The summed E-state index contributed by atoms with van der Waals surface area (Å²) in [5.41, 5.74) is 1.09. The topological polar surface area (TPSA) is 70.9 Å². The van der Waals surface area contributed by atoms with Gasteiger partial charge >= 0.3 is 0 Å². The molecule has 3 unspecified atom stereocenters. The third kappa shape index (κ3) is 5.20. The first-order valence-electron chi connectivity index (χ1n) is 9.08. The van der Waals surface area contributed by atoms with Crippen LogP contribution in [0.4, 0.5) is 0 Å². The lowest BCUT2D eigenvalue weighted by atomic mass is 9.87. The molecule has 3 atom stereocenters. The normalized spacial score (nSPS) is 20.7. The quantitative estimate of drug-likeness (QED) is 0.394. The Hall–Kier alpha value is -2.12. The number of rotatable bonds is 8. The van der Waals surface area contributed by atoms with Gasteiger partial charge in [-0.15, -0.1) is 0 Å². The van der Waals surface area contributed by atoms with Gasteiger partial charge in [0.2, 0.25) is 11.8 Å². The Morgan fingerprint density at radius 2 is 1.44 bits per heavy atom. The zero-order valence-electron chi connectivity index (χ0n) is 17.0. The zero-order valence-corrected chi connectivity index (χ0v) is 17.0. The minimum absolute atomic E-state index is 0.0111. The third-order valence-electron chi connectivity index (χ3n) is 4.64. The molecule has 0 bridgehead atoms. The number of benzene rings is 1. The molecule has 0 amide bonds. The third-order valence-corrected chi connectivity index (χ3v) is 4.64. The minimum atomic E-state index is -0.297. The highest BCUT2D eigenvalue weighted by Crippen LogP contribution is 2.32. The molecule has 27 heavy (non-hydrogen) atoms. The fraction of sp³-hybridized carbons (Fsp3) is 0.600. The van der Waals surface area contributed by atoms with E-state index in [0.717, 1.165) is 11.3 Å². The molecule has 0 spiro atoms. The summed E-state index contributed by atoms with van der Waals surface area (Å²) in [6.07, 6.45) is 0.681. The molecule has 0 radical (unpaired) electrons. The molecule has 0 saturated heterocycles.